The largest absolute Gasteiger partial charge is 0.377 e. The van der Waals surface area contributed by atoms with Crippen molar-refractivity contribution in [3.63, 3.8) is 0 Å². The van der Waals surface area contributed by atoms with Crippen LogP contribution < -0.4 is 4.90 Å². The second kappa shape index (κ2) is 7.89. The smallest absolute Gasteiger partial charge is 0.150 e. The molecule has 2 aliphatic rings. The van der Waals surface area contributed by atoms with Gasteiger partial charge in [-0.25, -0.2) is 9.67 Å². The molecule has 29 heavy (non-hydrogen) atoms. The van der Waals surface area contributed by atoms with Crippen LogP contribution >= 0.6 is 11.6 Å². The van der Waals surface area contributed by atoms with Crippen LogP contribution in [0.3, 0.4) is 0 Å². The lowest BCUT2D eigenvalue weighted by Gasteiger charge is -2.34. The van der Waals surface area contributed by atoms with Gasteiger partial charge in [0, 0.05) is 30.9 Å². The van der Waals surface area contributed by atoms with E-state index in [1.54, 1.807) is 12.4 Å². The summed E-state index contributed by atoms with van der Waals surface area (Å²) in [5.74, 6) is 0.782. The number of anilines is 1. The molecule has 2 atom stereocenters. The van der Waals surface area contributed by atoms with Crippen LogP contribution in [0.25, 0.3) is 22.3 Å². The van der Waals surface area contributed by atoms with Crippen molar-refractivity contribution in [1.82, 2.24) is 19.7 Å². The van der Waals surface area contributed by atoms with E-state index in [2.05, 4.69) is 21.9 Å². The molecule has 0 bridgehead atoms. The van der Waals surface area contributed by atoms with E-state index in [0.29, 0.717) is 18.2 Å². The van der Waals surface area contributed by atoms with E-state index in [9.17, 15) is 0 Å². The Morgan fingerprint density at radius 2 is 2.10 bits per heavy atom. The third-order valence-corrected chi connectivity index (χ3v) is 5.93. The lowest BCUT2D eigenvalue weighted by molar-refractivity contribution is -0.0383. The van der Waals surface area contributed by atoms with Crippen LogP contribution in [0.1, 0.15) is 32.4 Å². The molecular formula is C21H24ClN5O2. The Morgan fingerprint density at radius 3 is 2.93 bits per heavy atom. The number of rotatable bonds is 3. The summed E-state index contributed by atoms with van der Waals surface area (Å²) in [5.41, 5.74) is 2.54. The molecule has 1 unspecified atom stereocenters. The molecule has 2 saturated heterocycles. The summed E-state index contributed by atoms with van der Waals surface area (Å²) in [4.78, 5) is 11.9. The quantitative estimate of drug-likeness (QED) is 0.644. The van der Waals surface area contributed by atoms with Gasteiger partial charge in [-0.15, -0.1) is 0 Å². The van der Waals surface area contributed by atoms with Gasteiger partial charge in [0.15, 0.2) is 6.23 Å². The van der Waals surface area contributed by atoms with Crippen LogP contribution in [-0.4, -0.2) is 52.2 Å². The molecule has 0 N–H and O–H groups in total. The fraction of sp³-hybridized carbons (Fsp3) is 0.476. The number of fused-ring (bicyclic) bond motifs is 1. The summed E-state index contributed by atoms with van der Waals surface area (Å²) in [7, 11) is 0. The number of hydrogen-bond acceptors (Lipinski definition) is 6. The SMILES string of the molecule is C[C@@H]1COCCN1c1nc2c(-c3ccnn3C3CCCCO3)nccc2cc1Cl. The molecule has 5 heterocycles. The van der Waals surface area contributed by atoms with Gasteiger partial charge in [0.25, 0.3) is 0 Å². The highest BCUT2D eigenvalue weighted by Crippen LogP contribution is 2.35. The number of aromatic nitrogens is 4. The summed E-state index contributed by atoms with van der Waals surface area (Å²) in [6, 6.07) is 6.12. The molecular weight excluding hydrogens is 390 g/mol. The Balaban J connectivity index is 1.62. The first-order valence-electron chi connectivity index (χ1n) is 10.2. The Bertz CT molecular complexity index is 1020. The average Bonchev–Trinajstić information content (AvgIpc) is 3.24. The first kappa shape index (κ1) is 18.8. The summed E-state index contributed by atoms with van der Waals surface area (Å²) >= 11 is 6.63. The first-order valence-corrected chi connectivity index (χ1v) is 10.6. The number of morpholine rings is 1. The van der Waals surface area contributed by atoms with Gasteiger partial charge in [-0.3, -0.25) is 4.98 Å². The molecule has 0 saturated carbocycles. The highest BCUT2D eigenvalue weighted by atomic mass is 35.5. The van der Waals surface area contributed by atoms with Gasteiger partial charge in [-0.2, -0.15) is 5.10 Å². The summed E-state index contributed by atoms with van der Waals surface area (Å²) in [6.45, 7) is 5.00. The van der Waals surface area contributed by atoms with Crippen molar-refractivity contribution < 1.29 is 9.47 Å². The van der Waals surface area contributed by atoms with Crippen LogP contribution in [0.4, 0.5) is 5.82 Å². The topological polar surface area (TPSA) is 65.3 Å². The number of ether oxygens (including phenoxy) is 2. The van der Waals surface area contributed by atoms with Crippen LogP contribution in [0, 0.1) is 0 Å². The fourth-order valence-electron chi connectivity index (χ4n) is 4.14. The molecule has 8 heteroatoms. The molecule has 0 radical (unpaired) electrons. The van der Waals surface area contributed by atoms with Crippen LogP contribution in [-0.2, 0) is 9.47 Å². The van der Waals surface area contributed by atoms with E-state index < -0.39 is 0 Å². The standard InChI is InChI=1S/C21H24ClN5O2/c1-14-13-28-11-9-26(14)21-16(22)12-15-5-7-23-20(19(15)25-21)17-6-8-24-27(17)18-4-2-3-10-29-18/h5-8,12,14,18H,2-4,9-11,13H2,1H3/t14-,18?/m1/s1. The van der Waals surface area contributed by atoms with E-state index in [4.69, 9.17) is 26.1 Å². The Morgan fingerprint density at radius 1 is 1.17 bits per heavy atom. The van der Waals surface area contributed by atoms with Gasteiger partial charge in [0.05, 0.1) is 30.0 Å². The van der Waals surface area contributed by atoms with Crippen molar-refractivity contribution in [1.29, 1.82) is 0 Å². The Hall–Kier alpha value is -2.22. The molecule has 3 aromatic heterocycles. The van der Waals surface area contributed by atoms with Gasteiger partial charge in [-0.05, 0) is 44.4 Å². The van der Waals surface area contributed by atoms with Crippen molar-refractivity contribution in [3.8, 4) is 11.4 Å². The molecule has 5 rings (SSSR count). The van der Waals surface area contributed by atoms with E-state index in [0.717, 1.165) is 60.5 Å². The van der Waals surface area contributed by atoms with Gasteiger partial charge < -0.3 is 14.4 Å². The average molecular weight is 414 g/mol. The van der Waals surface area contributed by atoms with Crippen LogP contribution in [0.5, 0.6) is 0 Å². The molecule has 0 aromatic carbocycles. The zero-order valence-electron chi connectivity index (χ0n) is 16.4. The monoisotopic (exact) mass is 413 g/mol. The highest BCUT2D eigenvalue weighted by molar-refractivity contribution is 6.33. The zero-order chi connectivity index (χ0) is 19.8. The first-order chi connectivity index (χ1) is 14.2. The van der Waals surface area contributed by atoms with Crippen LogP contribution in [0.15, 0.2) is 30.6 Å². The van der Waals surface area contributed by atoms with Crippen molar-refractivity contribution in [2.24, 2.45) is 0 Å². The van der Waals surface area contributed by atoms with Gasteiger partial charge in [0.2, 0.25) is 0 Å². The zero-order valence-corrected chi connectivity index (χ0v) is 17.2. The normalized spacial score (nSPS) is 22.9. The number of nitrogens with zero attached hydrogens (tertiary/aromatic N) is 5. The third-order valence-electron chi connectivity index (χ3n) is 5.65. The highest BCUT2D eigenvalue weighted by Gasteiger charge is 2.25. The molecule has 0 aliphatic carbocycles. The minimum atomic E-state index is -0.0585. The van der Waals surface area contributed by atoms with E-state index in [1.165, 1.54) is 0 Å². The van der Waals surface area contributed by atoms with Gasteiger partial charge in [0.1, 0.15) is 17.0 Å². The molecule has 2 aliphatic heterocycles. The minimum Gasteiger partial charge on any atom is -0.377 e. The molecule has 2 fully saturated rings. The van der Waals surface area contributed by atoms with Crippen molar-refractivity contribution in [2.75, 3.05) is 31.3 Å². The van der Waals surface area contributed by atoms with Crippen molar-refractivity contribution in [2.45, 2.75) is 38.5 Å². The van der Waals surface area contributed by atoms with E-state index in [1.807, 2.05) is 22.9 Å². The lowest BCUT2D eigenvalue weighted by Crippen LogP contribution is -2.44. The second-order valence-corrected chi connectivity index (χ2v) is 8.03. The van der Waals surface area contributed by atoms with E-state index >= 15 is 0 Å². The van der Waals surface area contributed by atoms with Crippen LogP contribution in [0.2, 0.25) is 5.02 Å². The third kappa shape index (κ3) is 3.47. The minimum absolute atomic E-state index is 0.0585. The summed E-state index contributed by atoms with van der Waals surface area (Å²) in [5, 5.41) is 6.14. The Kier molecular flexibility index (Phi) is 5.11. The maximum Gasteiger partial charge on any atom is 0.150 e. The number of halogens is 1. The molecule has 0 amide bonds. The second-order valence-electron chi connectivity index (χ2n) is 7.62. The lowest BCUT2D eigenvalue weighted by atomic mass is 10.1. The number of pyridine rings is 2. The molecule has 0 spiro atoms. The molecule has 7 nitrogen and oxygen atoms in total. The van der Waals surface area contributed by atoms with Gasteiger partial charge >= 0.3 is 0 Å². The molecule has 3 aromatic rings. The fourth-order valence-corrected chi connectivity index (χ4v) is 4.41. The van der Waals surface area contributed by atoms with Gasteiger partial charge in [-0.1, -0.05) is 11.6 Å². The maximum atomic E-state index is 6.63. The Labute approximate surface area is 174 Å². The van der Waals surface area contributed by atoms with Crippen molar-refractivity contribution >= 4 is 28.3 Å². The predicted octanol–water partition coefficient (Wildman–Crippen LogP) is 4.07. The maximum absolute atomic E-state index is 6.63. The summed E-state index contributed by atoms with van der Waals surface area (Å²) < 4.78 is 13.5. The predicted molar refractivity (Wildman–Crippen MR) is 112 cm³/mol. The summed E-state index contributed by atoms with van der Waals surface area (Å²) in [6.07, 6.45) is 6.73. The number of hydrogen-bond donors (Lipinski definition) is 0. The van der Waals surface area contributed by atoms with E-state index in [-0.39, 0.29) is 12.3 Å². The van der Waals surface area contributed by atoms with Crippen molar-refractivity contribution in [3.05, 3.63) is 35.6 Å². The molecule has 152 valence electrons.